The van der Waals surface area contributed by atoms with Crippen molar-refractivity contribution in [2.75, 3.05) is 13.7 Å². The second-order valence-electron chi connectivity index (χ2n) is 10.3. The average Bonchev–Trinajstić information content (AvgIpc) is 3.39. The summed E-state index contributed by atoms with van der Waals surface area (Å²) >= 11 is 0. The Morgan fingerprint density at radius 2 is 1.94 bits per heavy atom. The van der Waals surface area contributed by atoms with Gasteiger partial charge in [-0.05, 0) is 70.7 Å². The zero-order valence-electron chi connectivity index (χ0n) is 20.7. The number of H-pyrrole nitrogens is 1. The van der Waals surface area contributed by atoms with E-state index in [0.717, 1.165) is 35.1 Å². The SMILES string of the molecule is COc1ccc2c(c1)CCN(C(=O)Cc1cc(=O)[nH]o1)[C@H]2C(=O)Cc1cc(F)c2c(c1)CCC2(C)C. The Labute approximate surface area is 208 Å². The topological polar surface area (TPSA) is 92.6 Å². The summed E-state index contributed by atoms with van der Waals surface area (Å²) in [5, 5.41) is 2.19. The highest BCUT2D eigenvalue weighted by atomic mass is 19.1. The number of fused-ring (bicyclic) bond motifs is 2. The standard InChI is InChI=1S/C28H29FN2O5/c1-28(2)8-6-18-10-16(11-22(29)26(18)28)12-23(32)27-21-5-4-19(35-3)13-17(21)7-9-31(27)25(34)15-20-14-24(33)30-36-20/h4-5,10-11,13-14,27H,6-9,12,15H2,1-3H3,(H,30,33)/t27-/m1/s1. The number of Topliss-reactive ketones (excluding diaryl/α,β-unsaturated/α-hetero) is 1. The van der Waals surface area contributed by atoms with Crippen LogP contribution in [0.1, 0.15) is 59.9 Å². The molecular weight excluding hydrogens is 463 g/mol. The molecule has 0 unspecified atom stereocenters. The van der Waals surface area contributed by atoms with Crippen molar-refractivity contribution in [1.82, 2.24) is 10.1 Å². The molecule has 0 spiro atoms. The Bertz CT molecular complexity index is 1400. The molecule has 188 valence electrons. The van der Waals surface area contributed by atoms with Crippen LogP contribution in [-0.4, -0.2) is 35.4 Å². The number of carbonyl (C=O) groups excluding carboxylic acids is 2. The van der Waals surface area contributed by atoms with Crippen LogP contribution < -0.4 is 10.3 Å². The van der Waals surface area contributed by atoms with Crippen LogP contribution in [-0.2, 0) is 40.7 Å². The highest BCUT2D eigenvalue weighted by molar-refractivity contribution is 5.92. The number of nitrogens with one attached hydrogen (secondary N) is 1. The first kappa shape index (κ1) is 24.0. The molecule has 3 aromatic rings. The molecule has 0 radical (unpaired) electrons. The normalized spacial score (nSPS) is 18.0. The molecule has 2 heterocycles. The van der Waals surface area contributed by atoms with E-state index in [1.54, 1.807) is 13.2 Å². The number of aromatic amines is 1. The maximum atomic E-state index is 15.1. The van der Waals surface area contributed by atoms with E-state index in [9.17, 15) is 14.4 Å². The molecule has 7 nitrogen and oxygen atoms in total. The molecular formula is C28H29FN2O5. The van der Waals surface area contributed by atoms with Crippen molar-refractivity contribution in [1.29, 1.82) is 0 Å². The number of amides is 1. The quantitative estimate of drug-likeness (QED) is 0.565. The van der Waals surface area contributed by atoms with E-state index in [4.69, 9.17) is 9.26 Å². The first-order valence-electron chi connectivity index (χ1n) is 12.1. The number of aryl methyl sites for hydroxylation is 1. The van der Waals surface area contributed by atoms with E-state index < -0.39 is 11.6 Å². The van der Waals surface area contributed by atoms with Crippen molar-refractivity contribution in [3.63, 3.8) is 0 Å². The van der Waals surface area contributed by atoms with E-state index in [2.05, 4.69) is 5.16 Å². The second kappa shape index (κ2) is 9.08. The number of carbonyl (C=O) groups is 2. The van der Waals surface area contributed by atoms with Crippen LogP contribution in [0.2, 0.25) is 0 Å². The lowest BCUT2D eigenvalue weighted by molar-refractivity contribution is -0.140. The molecule has 2 aromatic carbocycles. The molecule has 8 heteroatoms. The molecule has 1 atom stereocenters. The Kier molecular flexibility index (Phi) is 6.06. The van der Waals surface area contributed by atoms with Crippen LogP contribution in [0.15, 0.2) is 45.7 Å². The van der Waals surface area contributed by atoms with Crippen molar-refractivity contribution in [3.05, 3.63) is 86.1 Å². The summed E-state index contributed by atoms with van der Waals surface area (Å²) in [5.41, 5.74) is 3.32. The monoisotopic (exact) mass is 492 g/mol. The molecule has 1 N–H and O–H groups in total. The van der Waals surface area contributed by atoms with Gasteiger partial charge < -0.3 is 14.2 Å². The van der Waals surface area contributed by atoms with Gasteiger partial charge in [0, 0.05) is 19.0 Å². The van der Waals surface area contributed by atoms with Gasteiger partial charge in [0.25, 0.3) is 5.56 Å². The van der Waals surface area contributed by atoms with Crippen LogP contribution >= 0.6 is 0 Å². The molecule has 0 bridgehead atoms. The minimum absolute atomic E-state index is 0.00375. The molecule has 1 aromatic heterocycles. The third kappa shape index (κ3) is 4.36. The number of nitrogens with zero attached hydrogens (tertiary/aromatic N) is 1. The minimum atomic E-state index is -0.828. The van der Waals surface area contributed by atoms with Crippen LogP contribution in [0.25, 0.3) is 0 Å². The Balaban J connectivity index is 1.47. The Morgan fingerprint density at radius 1 is 1.14 bits per heavy atom. The number of ketones is 1. The maximum Gasteiger partial charge on any atom is 0.280 e. The molecule has 5 rings (SSSR count). The number of benzene rings is 2. The molecule has 1 aliphatic heterocycles. The van der Waals surface area contributed by atoms with Gasteiger partial charge in [-0.1, -0.05) is 26.0 Å². The fourth-order valence-corrected chi connectivity index (χ4v) is 5.66. The van der Waals surface area contributed by atoms with Gasteiger partial charge in [0.15, 0.2) is 5.78 Å². The van der Waals surface area contributed by atoms with Gasteiger partial charge in [0.2, 0.25) is 5.91 Å². The van der Waals surface area contributed by atoms with E-state index in [1.165, 1.54) is 17.0 Å². The lowest BCUT2D eigenvalue weighted by atomic mass is 9.84. The van der Waals surface area contributed by atoms with Gasteiger partial charge in [-0.15, -0.1) is 0 Å². The summed E-state index contributed by atoms with van der Waals surface area (Å²) in [6.07, 6.45) is 2.06. The second-order valence-corrected chi connectivity index (χ2v) is 10.3. The van der Waals surface area contributed by atoms with Crippen molar-refractivity contribution in [2.45, 2.75) is 57.4 Å². The van der Waals surface area contributed by atoms with Gasteiger partial charge in [-0.25, -0.2) is 4.39 Å². The number of rotatable bonds is 6. The maximum absolute atomic E-state index is 15.1. The molecule has 0 fully saturated rings. The van der Waals surface area contributed by atoms with Crippen molar-refractivity contribution >= 4 is 11.7 Å². The molecule has 0 saturated carbocycles. The van der Waals surface area contributed by atoms with E-state index in [-0.39, 0.29) is 41.5 Å². The smallest absolute Gasteiger partial charge is 0.280 e. The summed E-state index contributed by atoms with van der Waals surface area (Å²) in [6, 6.07) is 9.27. The highest BCUT2D eigenvalue weighted by Gasteiger charge is 2.37. The van der Waals surface area contributed by atoms with Gasteiger partial charge in [-0.3, -0.25) is 14.4 Å². The van der Waals surface area contributed by atoms with Gasteiger partial charge in [0.1, 0.15) is 23.4 Å². The number of hydrogen-bond acceptors (Lipinski definition) is 5. The summed E-state index contributed by atoms with van der Waals surface area (Å²) in [5.74, 6) is 0.0974. The van der Waals surface area contributed by atoms with Crippen LogP contribution in [0.4, 0.5) is 4.39 Å². The third-order valence-electron chi connectivity index (χ3n) is 7.41. The lowest BCUT2D eigenvalue weighted by Crippen LogP contribution is -2.44. The van der Waals surface area contributed by atoms with Crippen molar-refractivity contribution in [3.8, 4) is 5.75 Å². The summed E-state index contributed by atoms with van der Waals surface area (Å²) in [6.45, 7) is 4.41. The van der Waals surface area contributed by atoms with Gasteiger partial charge in [0.05, 0.1) is 13.5 Å². The van der Waals surface area contributed by atoms with E-state index in [1.807, 2.05) is 32.0 Å². The van der Waals surface area contributed by atoms with Crippen LogP contribution in [0.5, 0.6) is 5.75 Å². The van der Waals surface area contributed by atoms with Gasteiger partial charge in [-0.2, -0.15) is 5.16 Å². The summed E-state index contributed by atoms with van der Waals surface area (Å²) in [4.78, 5) is 40.0. The molecule has 2 aliphatic rings. The van der Waals surface area contributed by atoms with Crippen LogP contribution in [0.3, 0.4) is 0 Å². The number of halogens is 1. The average molecular weight is 493 g/mol. The van der Waals surface area contributed by atoms with E-state index in [0.29, 0.717) is 24.3 Å². The minimum Gasteiger partial charge on any atom is -0.497 e. The zero-order chi connectivity index (χ0) is 25.6. The number of hydrogen-bond donors (Lipinski definition) is 1. The number of methoxy groups -OCH3 is 1. The fraction of sp³-hybridized carbons (Fsp3) is 0.393. The first-order valence-corrected chi connectivity index (χ1v) is 12.1. The number of aromatic nitrogens is 1. The molecule has 1 aliphatic carbocycles. The van der Waals surface area contributed by atoms with E-state index >= 15 is 4.39 Å². The molecule has 0 saturated heterocycles. The van der Waals surface area contributed by atoms with Crippen molar-refractivity contribution < 1.29 is 23.2 Å². The largest absolute Gasteiger partial charge is 0.497 e. The first-order chi connectivity index (χ1) is 17.2. The Morgan fingerprint density at radius 3 is 2.67 bits per heavy atom. The predicted molar refractivity (Wildman–Crippen MR) is 131 cm³/mol. The zero-order valence-corrected chi connectivity index (χ0v) is 20.7. The third-order valence-corrected chi connectivity index (χ3v) is 7.41. The molecule has 36 heavy (non-hydrogen) atoms. The predicted octanol–water partition coefficient (Wildman–Crippen LogP) is 3.82. The van der Waals surface area contributed by atoms with Gasteiger partial charge >= 0.3 is 0 Å². The fourth-order valence-electron chi connectivity index (χ4n) is 5.66. The summed E-state index contributed by atoms with van der Waals surface area (Å²) in [7, 11) is 1.58. The van der Waals surface area contributed by atoms with Crippen LogP contribution in [0, 0.1) is 5.82 Å². The highest BCUT2D eigenvalue weighted by Crippen LogP contribution is 2.41. The number of ether oxygens (including phenoxy) is 1. The van der Waals surface area contributed by atoms with Crippen molar-refractivity contribution in [2.24, 2.45) is 0 Å². The lowest BCUT2D eigenvalue weighted by Gasteiger charge is -2.36. The molecule has 1 amide bonds. The Hall–Kier alpha value is -3.68. The summed E-state index contributed by atoms with van der Waals surface area (Å²) < 4.78 is 25.5.